The first-order valence-electron chi connectivity index (χ1n) is 4.39. The first-order chi connectivity index (χ1) is 6.88. The lowest BCUT2D eigenvalue weighted by Gasteiger charge is -2.16. The molecule has 0 fully saturated rings. The van der Waals surface area contributed by atoms with Gasteiger partial charge in [0.25, 0.3) is 0 Å². The molecule has 0 radical (unpaired) electrons. The lowest BCUT2D eigenvalue weighted by atomic mass is 9.98. The molecule has 0 aromatic heterocycles. The van der Waals surface area contributed by atoms with E-state index in [1.807, 2.05) is 0 Å². The second-order valence-corrected chi connectivity index (χ2v) is 3.79. The molecule has 15 heavy (non-hydrogen) atoms. The van der Waals surface area contributed by atoms with Crippen molar-refractivity contribution in [1.82, 2.24) is 5.32 Å². The number of amides is 1. The maximum atomic E-state index is 11.2. The van der Waals surface area contributed by atoms with Crippen LogP contribution in [0.15, 0.2) is 0 Å². The number of rotatable bonds is 3. The van der Waals surface area contributed by atoms with Gasteiger partial charge >= 0.3 is 12.1 Å². The fourth-order valence-electron chi connectivity index (χ4n) is 0.527. The molecule has 0 aliphatic heterocycles. The predicted octanol–water partition coefficient (Wildman–Crippen LogP) is 0.893. The molecule has 5 nitrogen and oxygen atoms in total. The quantitative estimate of drug-likeness (QED) is 0.429. The van der Waals surface area contributed by atoms with Crippen LogP contribution in [-0.4, -0.2) is 25.4 Å². The Balaban J connectivity index is 3.68. The summed E-state index contributed by atoms with van der Waals surface area (Å²) in [4.78, 5) is 22.0. The van der Waals surface area contributed by atoms with Crippen molar-refractivity contribution in [3.05, 3.63) is 0 Å². The van der Waals surface area contributed by atoms with Crippen molar-refractivity contribution < 1.29 is 19.1 Å². The van der Waals surface area contributed by atoms with E-state index in [0.717, 1.165) is 0 Å². The minimum Gasteiger partial charge on any atom is -0.427 e. The summed E-state index contributed by atoms with van der Waals surface area (Å²) in [6, 6.07) is 0. The average Bonchev–Trinajstić information content (AvgIpc) is 2.13. The molecule has 0 atom stereocenters. The van der Waals surface area contributed by atoms with E-state index < -0.39 is 24.3 Å². The molecule has 1 N–H and O–H groups in total. The van der Waals surface area contributed by atoms with Crippen LogP contribution in [0, 0.1) is 17.8 Å². The second kappa shape index (κ2) is 5.91. The third-order valence-corrected chi connectivity index (χ3v) is 1.33. The van der Waals surface area contributed by atoms with E-state index >= 15 is 0 Å². The molecule has 0 aliphatic rings. The number of alkyl carbamates (subject to hydrolysis) is 1. The zero-order valence-electron chi connectivity index (χ0n) is 9.12. The van der Waals surface area contributed by atoms with Gasteiger partial charge in [-0.05, 0) is 20.8 Å². The highest BCUT2D eigenvalue weighted by Crippen LogP contribution is 2.14. The number of carbonyl (C=O) groups is 2. The molecule has 0 rings (SSSR count). The van der Waals surface area contributed by atoms with E-state index in [2.05, 4.69) is 20.7 Å². The number of hydrogen-bond donors (Lipinski definition) is 1. The van der Waals surface area contributed by atoms with Gasteiger partial charge in [-0.2, -0.15) is 0 Å². The van der Waals surface area contributed by atoms with Gasteiger partial charge in [-0.3, -0.25) is 4.79 Å². The molecular weight excluding hydrogens is 198 g/mol. The van der Waals surface area contributed by atoms with Crippen molar-refractivity contribution in [3.8, 4) is 12.3 Å². The van der Waals surface area contributed by atoms with Gasteiger partial charge in [-0.1, -0.05) is 5.92 Å². The largest absolute Gasteiger partial charge is 0.427 e. The molecule has 0 unspecified atom stereocenters. The number of esters is 1. The number of nitrogens with one attached hydrogen (secondary N) is 1. The maximum absolute atomic E-state index is 11.2. The average molecular weight is 213 g/mol. The van der Waals surface area contributed by atoms with Gasteiger partial charge in [0, 0.05) is 0 Å². The Kier molecular flexibility index (Phi) is 5.24. The molecule has 0 saturated heterocycles. The summed E-state index contributed by atoms with van der Waals surface area (Å²) >= 11 is 0. The van der Waals surface area contributed by atoms with Crippen molar-refractivity contribution in [2.75, 3.05) is 13.3 Å². The summed E-state index contributed by atoms with van der Waals surface area (Å²) in [5.41, 5.74) is -0.612. The molecule has 0 spiro atoms. The molecule has 0 heterocycles. The third-order valence-electron chi connectivity index (χ3n) is 1.33. The number of carbonyl (C=O) groups excluding carboxylic acids is 2. The first kappa shape index (κ1) is 13.3. The zero-order chi connectivity index (χ0) is 11.9. The van der Waals surface area contributed by atoms with Crippen LogP contribution in [-0.2, 0) is 14.3 Å². The summed E-state index contributed by atoms with van der Waals surface area (Å²) in [5.74, 6) is 1.76. The van der Waals surface area contributed by atoms with E-state index in [9.17, 15) is 9.59 Å². The van der Waals surface area contributed by atoms with E-state index in [1.165, 1.54) is 0 Å². The van der Waals surface area contributed by atoms with Gasteiger partial charge in [0.2, 0.25) is 6.79 Å². The molecule has 0 aromatic carbocycles. The Bertz CT molecular complexity index is 272. The van der Waals surface area contributed by atoms with Gasteiger partial charge in [0.1, 0.15) is 0 Å². The van der Waals surface area contributed by atoms with Crippen LogP contribution >= 0.6 is 0 Å². The van der Waals surface area contributed by atoms with Gasteiger partial charge in [0.05, 0.1) is 12.0 Å². The molecule has 84 valence electrons. The van der Waals surface area contributed by atoms with Gasteiger partial charge in [-0.15, -0.1) is 6.42 Å². The van der Waals surface area contributed by atoms with Crippen molar-refractivity contribution in [2.24, 2.45) is 5.41 Å². The van der Waals surface area contributed by atoms with Crippen LogP contribution in [0.2, 0.25) is 0 Å². The fraction of sp³-hybridized carbons (Fsp3) is 0.600. The third kappa shape index (κ3) is 6.38. The molecule has 0 saturated carbocycles. The van der Waals surface area contributed by atoms with Gasteiger partial charge < -0.3 is 14.8 Å². The Morgan fingerprint density at radius 1 is 1.33 bits per heavy atom. The van der Waals surface area contributed by atoms with Crippen LogP contribution in [0.3, 0.4) is 0 Å². The molecule has 0 aliphatic carbocycles. The number of terminal acetylenes is 1. The summed E-state index contributed by atoms with van der Waals surface area (Å²) in [5, 5.41) is 2.26. The smallest absolute Gasteiger partial charge is 0.410 e. The van der Waals surface area contributed by atoms with E-state index in [4.69, 9.17) is 6.42 Å². The van der Waals surface area contributed by atoms with Gasteiger partial charge in [0.15, 0.2) is 0 Å². The van der Waals surface area contributed by atoms with E-state index in [0.29, 0.717) is 0 Å². The Labute approximate surface area is 89.1 Å². The summed E-state index contributed by atoms with van der Waals surface area (Å²) in [7, 11) is 0. The first-order valence-corrected chi connectivity index (χ1v) is 4.39. The Hall–Kier alpha value is -1.70. The SMILES string of the molecule is C#CCNC(=O)OCOC(=O)C(C)(C)C. The summed E-state index contributed by atoms with van der Waals surface area (Å²) < 4.78 is 9.20. The lowest BCUT2D eigenvalue weighted by Crippen LogP contribution is -2.28. The zero-order valence-corrected chi connectivity index (χ0v) is 9.12. The normalized spacial score (nSPS) is 10.0. The van der Waals surface area contributed by atoms with E-state index in [1.54, 1.807) is 20.8 Å². The fourth-order valence-corrected chi connectivity index (χ4v) is 0.527. The lowest BCUT2D eigenvalue weighted by molar-refractivity contribution is -0.161. The molecular formula is C10H15NO4. The summed E-state index contributed by atoms with van der Waals surface area (Å²) in [6.07, 6.45) is 4.19. The van der Waals surface area contributed by atoms with Crippen molar-refractivity contribution in [1.29, 1.82) is 0 Å². The van der Waals surface area contributed by atoms with Crippen molar-refractivity contribution in [3.63, 3.8) is 0 Å². The van der Waals surface area contributed by atoms with E-state index in [-0.39, 0.29) is 6.54 Å². The highest BCUT2D eigenvalue weighted by atomic mass is 16.7. The minimum atomic E-state index is -0.713. The number of ether oxygens (including phenoxy) is 2. The highest BCUT2D eigenvalue weighted by molar-refractivity contribution is 5.75. The monoisotopic (exact) mass is 213 g/mol. The van der Waals surface area contributed by atoms with Crippen molar-refractivity contribution >= 4 is 12.1 Å². The molecule has 1 amide bonds. The second-order valence-electron chi connectivity index (χ2n) is 3.79. The maximum Gasteiger partial charge on any atom is 0.410 e. The topological polar surface area (TPSA) is 64.6 Å². The molecule has 0 aromatic rings. The van der Waals surface area contributed by atoms with Crippen LogP contribution in [0.1, 0.15) is 20.8 Å². The van der Waals surface area contributed by atoms with Crippen LogP contribution in [0.4, 0.5) is 4.79 Å². The van der Waals surface area contributed by atoms with Crippen molar-refractivity contribution in [2.45, 2.75) is 20.8 Å². The van der Waals surface area contributed by atoms with Crippen LogP contribution in [0.5, 0.6) is 0 Å². The Morgan fingerprint density at radius 2 is 1.93 bits per heavy atom. The van der Waals surface area contributed by atoms with Crippen LogP contribution < -0.4 is 5.32 Å². The molecule has 5 heteroatoms. The summed E-state index contributed by atoms with van der Waals surface area (Å²) in [6.45, 7) is 4.77. The molecule has 0 bridgehead atoms. The van der Waals surface area contributed by atoms with Gasteiger partial charge in [-0.25, -0.2) is 4.79 Å². The highest BCUT2D eigenvalue weighted by Gasteiger charge is 2.23. The minimum absolute atomic E-state index is 0.0754. The standard InChI is InChI=1S/C10H15NO4/c1-5-6-11-9(13)15-7-14-8(12)10(2,3)4/h1H,6-7H2,2-4H3,(H,11,13). The van der Waals surface area contributed by atoms with Crippen LogP contribution in [0.25, 0.3) is 0 Å². The Morgan fingerprint density at radius 3 is 2.40 bits per heavy atom. The number of hydrogen-bond acceptors (Lipinski definition) is 4. The predicted molar refractivity (Wildman–Crippen MR) is 53.7 cm³/mol.